The number of aromatic amines is 1. The van der Waals surface area contributed by atoms with Crippen molar-refractivity contribution < 1.29 is 0 Å². The van der Waals surface area contributed by atoms with Gasteiger partial charge in [-0.2, -0.15) is 5.10 Å². The molecule has 1 heterocycles. The number of hydrogen-bond donors (Lipinski definition) is 2. The van der Waals surface area contributed by atoms with Crippen molar-refractivity contribution in [3.05, 3.63) is 24.4 Å². The minimum atomic E-state index is 1.05. The van der Waals surface area contributed by atoms with Crippen LogP contribution in [0.2, 0.25) is 0 Å². The van der Waals surface area contributed by atoms with E-state index in [1.54, 1.807) is 0 Å². The number of nitrogens with one attached hydrogen (secondary N) is 2. The van der Waals surface area contributed by atoms with Gasteiger partial charge in [0.25, 0.3) is 0 Å². The maximum absolute atomic E-state index is 4.09. The second-order valence-electron chi connectivity index (χ2n) is 5.54. The highest BCUT2D eigenvalue weighted by atomic mass is 15.1. The maximum atomic E-state index is 4.09. The molecule has 20 heavy (non-hydrogen) atoms. The summed E-state index contributed by atoms with van der Waals surface area (Å²) in [4.78, 5) is 0. The predicted octanol–water partition coefficient (Wildman–Crippen LogP) is 5.12. The van der Waals surface area contributed by atoms with E-state index in [1.165, 1.54) is 62.4 Å². The van der Waals surface area contributed by atoms with E-state index in [9.17, 15) is 0 Å². The molecule has 0 aliphatic heterocycles. The van der Waals surface area contributed by atoms with E-state index >= 15 is 0 Å². The maximum Gasteiger partial charge on any atom is 0.0671 e. The van der Waals surface area contributed by atoms with Gasteiger partial charge >= 0.3 is 0 Å². The predicted molar refractivity (Wildman–Crippen MR) is 87.2 cm³/mol. The Hall–Kier alpha value is -1.51. The van der Waals surface area contributed by atoms with E-state index in [0.29, 0.717) is 0 Å². The van der Waals surface area contributed by atoms with E-state index in [0.717, 1.165) is 12.1 Å². The molecule has 0 saturated carbocycles. The van der Waals surface area contributed by atoms with Crippen molar-refractivity contribution in [2.24, 2.45) is 0 Å². The van der Waals surface area contributed by atoms with Crippen LogP contribution in [0.15, 0.2) is 24.4 Å². The second-order valence-corrected chi connectivity index (χ2v) is 5.54. The minimum absolute atomic E-state index is 1.05. The molecule has 0 amide bonds. The lowest BCUT2D eigenvalue weighted by Crippen LogP contribution is -2.01. The number of fused-ring (bicyclic) bond motifs is 1. The van der Waals surface area contributed by atoms with Crippen LogP contribution in [0.1, 0.15) is 58.3 Å². The Morgan fingerprint density at radius 2 is 1.75 bits per heavy atom. The number of unbranched alkanes of at least 4 members (excludes halogenated alkanes) is 7. The molecule has 0 spiro atoms. The third kappa shape index (κ3) is 4.55. The number of H-pyrrole nitrogens is 1. The van der Waals surface area contributed by atoms with Crippen LogP contribution >= 0.6 is 0 Å². The lowest BCUT2D eigenvalue weighted by Gasteiger charge is -2.07. The summed E-state index contributed by atoms with van der Waals surface area (Å²) in [6.07, 6.45) is 12.8. The van der Waals surface area contributed by atoms with Crippen LogP contribution in [0.5, 0.6) is 0 Å². The molecule has 110 valence electrons. The molecule has 2 rings (SSSR count). The van der Waals surface area contributed by atoms with Gasteiger partial charge in [0.2, 0.25) is 0 Å². The Balaban J connectivity index is 1.58. The number of anilines is 1. The minimum Gasteiger partial charge on any atom is -0.384 e. The summed E-state index contributed by atoms with van der Waals surface area (Å²) in [5.74, 6) is 0. The molecule has 0 radical (unpaired) electrons. The molecule has 2 aromatic rings. The lowest BCUT2D eigenvalue weighted by molar-refractivity contribution is 0.581. The van der Waals surface area contributed by atoms with E-state index in [4.69, 9.17) is 0 Å². The first-order valence-corrected chi connectivity index (χ1v) is 8.08. The average Bonchev–Trinajstić information content (AvgIpc) is 2.95. The SMILES string of the molecule is CCCCCCCCCCNc1cccc2[nH]ncc12. The zero-order valence-electron chi connectivity index (χ0n) is 12.6. The highest BCUT2D eigenvalue weighted by Gasteiger charge is 2.01. The van der Waals surface area contributed by atoms with Crippen molar-refractivity contribution in [1.82, 2.24) is 10.2 Å². The fourth-order valence-electron chi connectivity index (χ4n) is 2.60. The van der Waals surface area contributed by atoms with E-state index in [-0.39, 0.29) is 0 Å². The van der Waals surface area contributed by atoms with Gasteiger partial charge in [0, 0.05) is 17.6 Å². The molecule has 1 aromatic carbocycles. The number of nitrogens with zero attached hydrogens (tertiary/aromatic N) is 1. The third-order valence-electron chi connectivity index (χ3n) is 3.83. The molecule has 0 unspecified atom stereocenters. The van der Waals surface area contributed by atoms with Crippen LogP contribution in [0, 0.1) is 0 Å². The van der Waals surface area contributed by atoms with Gasteiger partial charge in [-0.1, -0.05) is 57.9 Å². The molecule has 3 nitrogen and oxygen atoms in total. The molecule has 0 atom stereocenters. The largest absolute Gasteiger partial charge is 0.384 e. The molecule has 0 aliphatic carbocycles. The summed E-state index contributed by atoms with van der Waals surface area (Å²) in [6, 6.07) is 6.25. The second kappa shape index (κ2) is 8.62. The van der Waals surface area contributed by atoms with Gasteiger partial charge in [-0.3, -0.25) is 5.10 Å². The molecule has 0 saturated heterocycles. The van der Waals surface area contributed by atoms with Crippen molar-refractivity contribution >= 4 is 16.6 Å². The molecule has 2 N–H and O–H groups in total. The Morgan fingerprint density at radius 3 is 2.55 bits per heavy atom. The van der Waals surface area contributed by atoms with Gasteiger partial charge in [0.05, 0.1) is 11.7 Å². The quantitative estimate of drug-likeness (QED) is 0.590. The lowest BCUT2D eigenvalue weighted by atomic mass is 10.1. The zero-order chi connectivity index (χ0) is 14.0. The van der Waals surface area contributed by atoms with Crippen molar-refractivity contribution in [3.63, 3.8) is 0 Å². The molecule has 0 aliphatic rings. The molecule has 0 fully saturated rings. The van der Waals surface area contributed by atoms with Crippen LogP contribution in [-0.2, 0) is 0 Å². The Bertz CT molecular complexity index is 490. The molecular weight excluding hydrogens is 246 g/mol. The van der Waals surface area contributed by atoms with Gasteiger partial charge in [-0.25, -0.2) is 0 Å². The smallest absolute Gasteiger partial charge is 0.0671 e. The van der Waals surface area contributed by atoms with E-state index in [2.05, 4.69) is 40.6 Å². The van der Waals surface area contributed by atoms with Crippen molar-refractivity contribution in [1.29, 1.82) is 0 Å². The summed E-state index contributed by atoms with van der Waals surface area (Å²) in [7, 11) is 0. The molecule has 3 heteroatoms. The normalized spacial score (nSPS) is 11.1. The number of aromatic nitrogens is 2. The molecule has 0 bridgehead atoms. The van der Waals surface area contributed by atoms with Gasteiger partial charge in [-0.15, -0.1) is 0 Å². The first kappa shape index (κ1) is 14.9. The Labute approximate surface area is 122 Å². The van der Waals surface area contributed by atoms with Crippen molar-refractivity contribution in [2.45, 2.75) is 58.3 Å². The van der Waals surface area contributed by atoms with E-state index < -0.39 is 0 Å². The van der Waals surface area contributed by atoms with Gasteiger partial charge < -0.3 is 5.32 Å². The van der Waals surface area contributed by atoms with Gasteiger partial charge in [0.15, 0.2) is 0 Å². The first-order valence-electron chi connectivity index (χ1n) is 8.08. The summed E-state index contributed by atoms with van der Waals surface area (Å²) in [6.45, 7) is 3.32. The summed E-state index contributed by atoms with van der Waals surface area (Å²) in [5, 5.41) is 11.8. The van der Waals surface area contributed by atoms with Crippen LogP contribution < -0.4 is 5.32 Å². The molecule has 1 aromatic heterocycles. The first-order chi connectivity index (χ1) is 9.92. The topological polar surface area (TPSA) is 40.7 Å². The fourth-order valence-corrected chi connectivity index (χ4v) is 2.60. The monoisotopic (exact) mass is 273 g/mol. The summed E-state index contributed by atoms with van der Waals surface area (Å²) >= 11 is 0. The highest BCUT2D eigenvalue weighted by molar-refractivity contribution is 5.90. The Morgan fingerprint density at radius 1 is 1.00 bits per heavy atom. The number of benzene rings is 1. The van der Waals surface area contributed by atoms with Gasteiger partial charge in [0.1, 0.15) is 0 Å². The van der Waals surface area contributed by atoms with Crippen LogP contribution in [-0.4, -0.2) is 16.7 Å². The van der Waals surface area contributed by atoms with Crippen LogP contribution in [0.25, 0.3) is 10.9 Å². The van der Waals surface area contributed by atoms with Crippen LogP contribution in [0.4, 0.5) is 5.69 Å². The van der Waals surface area contributed by atoms with Crippen molar-refractivity contribution in [3.8, 4) is 0 Å². The third-order valence-corrected chi connectivity index (χ3v) is 3.83. The van der Waals surface area contributed by atoms with Crippen molar-refractivity contribution in [2.75, 3.05) is 11.9 Å². The fraction of sp³-hybridized carbons (Fsp3) is 0.588. The van der Waals surface area contributed by atoms with Crippen LogP contribution in [0.3, 0.4) is 0 Å². The van der Waals surface area contributed by atoms with E-state index in [1.807, 2.05) is 6.20 Å². The molecular formula is C17H27N3. The number of rotatable bonds is 10. The Kier molecular flexibility index (Phi) is 6.42. The van der Waals surface area contributed by atoms with Gasteiger partial charge in [-0.05, 0) is 18.6 Å². The number of hydrogen-bond acceptors (Lipinski definition) is 2. The highest BCUT2D eigenvalue weighted by Crippen LogP contribution is 2.21. The average molecular weight is 273 g/mol. The zero-order valence-corrected chi connectivity index (χ0v) is 12.6. The summed E-state index contributed by atoms with van der Waals surface area (Å²) in [5.41, 5.74) is 2.30. The summed E-state index contributed by atoms with van der Waals surface area (Å²) < 4.78 is 0. The standard InChI is InChI=1S/C17H27N3/c1-2-3-4-5-6-7-8-9-13-18-16-11-10-12-17-15(16)14-19-20-17/h10-12,14,18H,2-9,13H2,1H3,(H,19,20).